The standard InChI is InChI=1S/C15H17N3O/c1-18(2)14-7-3-12(4-8-14)11-16-17-13-5-9-15(19)10-6-13/h3-11,17,19H,1-2H3/b16-11+. The molecule has 0 aliphatic heterocycles. The van der Waals surface area contributed by atoms with E-state index in [1.807, 2.05) is 38.4 Å². The average Bonchev–Trinajstić information content (AvgIpc) is 2.41. The van der Waals surface area contributed by atoms with Crippen molar-refractivity contribution in [3.63, 3.8) is 0 Å². The Balaban J connectivity index is 1.97. The predicted octanol–water partition coefficient (Wildman–Crippen LogP) is 2.90. The van der Waals surface area contributed by atoms with Crippen LogP contribution in [0, 0.1) is 0 Å². The Morgan fingerprint density at radius 2 is 1.63 bits per heavy atom. The summed E-state index contributed by atoms with van der Waals surface area (Å²) in [5.74, 6) is 0.244. The van der Waals surface area contributed by atoms with Gasteiger partial charge in [-0.2, -0.15) is 5.10 Å². The van der Waals surface area contributed by atoms with Crippen LogP contribution in [0.15, 0.2) is 53.6 Å². The van der Waals surface area contributed by atoms with Gasteiger partial charge in [-0.15, -0.1) is 0 Å². The Kier molecular flexibility index (Phi) is 4.03. The molecule has 0 radical (unpaired) electrons. The number of phenolic OH excluding ortho intramolecular Hbond substituents is 1. The highest BCUT2D eigenvalue weighted by atomic mass is 16.3. The van der Waals surface area contributed by atoms with Crippen LogP contribution in [0.5, 0.6) is 5.75 Å². The summed E-state index contributed by atoms with van der Waals surface area (Å²) in [4.78, 5) is 2.05. The zero-order valence-corrected chi connectivity index (χ0v) is 11.0. The summed E-state index contributed by atoms with van der Waals surface area (Å²) < 4.78 is 0. The van der Waals surface area contributed by atoms with Gasteiger partial charge in [-0.25, -0.2) is 0 Å². The molecule has 2 aromatic carbocycles. The molecule has 2 N–H and O–H groups in total. The first-order valence-electron chi connectivity index (χ1n) is 6.00. The van der Waals surface area contributed by atoms with Gasteiger partial charge >= 0.3 is 0 Å². The molecule has 0 spiro atoms. The molecule has 0 aliphatic rings. The molecule has 0 heterocycles. The SMILES string of the molecule is CN(C)c1ccc(/C=N/Nc2ccc(O)cc2)cc1. The van der Waals surface area contributed by atoms with E-state index in [4.69, 9.17) is 5.11 Å². The normalized spacial score (nSPS) is 10.6. The second-order valence-corrected chi connectivity index (χ2v) is 4.40. The van der Waals surface area contributed by atoms with Gasteiger partial charge in [-0.3, -0.25) is 5.43 Å². The summed E-state index contributed by atoms with van der Waals surface area (Å²) in [7, 11) is 4.02. The third-order valence-corrected chi connectivity index (χ3v) is 2.68. The zero-order chi connectivity index (χ0) is 13.7. The Hall–Kier alpha value is -2.49. The van der Waals surface area contributed by atoms with Crippen LogP contribution >= 0.6 is 0 Å². The number of nitrogens with one attached hydrogen (secondary N) is 1. The molecule has 0 aliphatic carbocycles. The second kappa shape index (κ2) is 5.91. The third kappa shape index (κ3) is 3.74. The Morgan fingerprint density at radius 3 is 2.21 bits per heavy atom. The van der Waals surface area contributed by atoms with E-state index in [9.17, 15) is 0 Å². The molecule has 0 atom stereocenters. The van der Waals surface area contributed by atoms with Crippen LogP contribution in [0.25, 0.3) is 0 Å². The summed E-state index contributed by atoms with van der Waals surface area (Å²) >= 11 is 0. The summed E-state index contributed by atoms with van der Waals surface area (Å²) in [6.45, 7) is 0. The fourth-order valence-corrected chi connectivity index (χ4v) is 1.58. The van der Waals surface area contributed by atoms with Gasteiger partial charge in [0.2, 0.25) is 0 Å². The quantitative estimate of drug-likeness (QED) is 0.501. The molecule has 98 valence electrons. The van der Waals surface area contributed by atoms with Gasteiger partial charge in [0.05, 0.1) is 11.9 Å². The van der Waals surface area contributed by atoms with Crippen molar-refractivity contribution in [3.05, 3.63) is 54.1 Å². The lowest BCUT2D eigenvalue weighted by Gasteiger charge is -2.11. The maximum atomic E-state index is 9.16. The number of rotatable bonds is 4. The molecule has 0 bridgehead atoms. The molecule has 0 fully saturated rings. The Morgan fingerprint density at radius 1 is 1.00 bits per heavy atom. The van der Waals surface area contributed by atoms with Gasteiger partial charge in [-0.1, -0.05) is 12.1 Å². The Bertz CT molecular complexity index is 545. The molecular weight excluding hydrogens is 238 g/mol. The molecule has 4 heteroatoms. The van der Waals surface area contributed by atoms with Crippen LogP contribution < -0.4 is 10.3 Å². The van der Waals surface area contributed by atoms with Crippen molar-refractivity contribution >= 4 is 17.6 Å². The summed E-state index contributed by atoms with van der Waals surface area (Å²) in [6.07, 6.45) is 1.76. The number of hydrazone groups is 1. The third-order valence-electron chi connectivity index (χ3n) is 2.68. The van der Waals surface area contributed by atoms with E-state index in [0.717, 1.165) is 16.9 Å². The van der Waals surface area contributed by atoms with E-state index >= 15 is 0 Å². The Labute approximate surface area is 113 Å². The maximum Gasteiger partial charge on any atom is 0.115 e. The highest BCUT2D eigenvalue weighted by Gasteiger charge is 1.94. The van der Waals surface area contributed by atoms with Crippen molar-refractivity contribution in [1.82, 2.24) is 0 Å². The zero-order valence-electron chi connectivity index (χ0n) is 11.0. The minimum atomic E-state index is 0.244. The van der Waals surface area contributed by atoms with Crippen molar-refractivity contribution in [1.29, 1.82) is 0 Å². The lowest BCUT2D eigenvalue weighted by atomic mass is 10.2. The molecule has 0 amide bonds. The predicted molar refractivity (Wildman–Crippen MR) is 80.1 cm³/mol. The topological polar surface area (TPSA) is 47.9 Å². The first-order valence-corrected chi connectivity index (χ1v) is 6.00. The number of aromatic hydroxyl groups is 1. The number of hydrogen-bond donors (Lipinski definition) is 2. The van der Waals surface area contributed by atoms with Gasteiger partial charge in [0.1, 0.15) is 5.75 Å². The molecule has 2 rings (SSSR count). The molecule has 0 unspecified atom stereocenters. The summed E-state index contributed by atoms with van der Waals surface area (Å²) in [6, 6.07) is 14.9. The van der Waals surface area contributed by atoms with Gasteiger partial charge in [0.15, 0.2) is 0 Å². The van der Waals surface area contributed by atoms with E-state index in [-0.39, 0.29) is 5.75 Å². The van der Waals surface area contributed by atoms with Crippen LogP contribution in [-0.4, -0.2) is 25.4 Å². The lowest BCUT2D eigenvalue weighted by molar-refractivity contribution is 0.475. The molecule has 0 saturated carbocycles. The van der Waals surface area contributed by atoms with Crippen molar-refractivity contribution in [2.75, 3.05) is 24.4 Å². The smallest absolute Gasteiger partial charge is 0.115 e. The summed E-state index contributed by atoms with van der Waals surface area (Å²) in [5.41, 5.74) is 5.92. The highest BCUT2D eigenvalue weighted by Crippen LogP contribution is 2.14. The largest absolute Gasteiger partial charge is 0.508 e. The van der Waals surface area contributed by atoms with Gasteiger partial charge < -0.3 is 10.0 Å². The van der Waals surface area contributed by atoms with Crippen molar-refractivity contribution < 1.29 is 5.11 Å². The van der Waals surface area contributed by atoms with E-state index in [2.05, 4.69) is 15.4 Å². The minimum Gasteiger partial charge on any atom is -0.508 e. The van der Waals surface area contributed by atoms with E-state index < -0.39 is 0 Å². The van der Waals surface area contributed by atoms with Crippen LogP contribution in [0.2, 0.25) is 0 Å². The van der Waals surface area contributed by atoms with E-state index in [1.165, 1.54) is 0 Å². The molecule has 2 aromatic rings. The van der Waals surface area contributed by atoms with Crippen molar-refractivity contribution in [2.24, 2.45) is 5.10 Å². The number of nitrogens with zero attached hydrogens (tertiary/aromatic N) is 2. The minimum absolute atomic E-state index is 0.244. The van der Waals surface area contributed by atoms with E-state index in [0.29, 0.717) is 0 Å². The van der Waals surface area contributed by atoms with Gasteiger partial charge in [0.25, 0.3) is 0 Å². The number of anilines is 2. The average molecular weight is 255 g/mol. The lowest BCUT2D eigenvalue weighted by Crippen LogP contribution is -2.08. The van der Waals surface area contributed by atoms with Gasteiger partial charge in [-0.05, 0) is 42.0 Å². The number of hydrogen-bond acceptors (Lipinski definition) is 4. The fourth-order valence-electron chi connectivity index (χ4n) is 1.58. The number of phenols is 1. The van der Waals surface area contributed by atoms with Crippen molar-refractivity contribution in [3.8, 4) is 5.75 Å². The maximum absolute atomic E-state index is 9.16. The van der Waals surface area contributed by atoms with Crippen LogP contribution in [0.4, 0.5) is 11.4 Å². The first-order chi connectivity index (χ1) is 9.15. The fraction of sp³-hybridized carbons (Fsp3) is 0.133. The van der Waals surface area contributed by atoms with Crippen molar-refractivity contribution in [2.45, 2.75) is 0 Å². The van der Waals surface area contributed by atoms with Crippen LogP contribution in [0.3, 0.4) is 0 Å². The molecule has 19 heavy (non-hydrogen) atoms. The number of benzene rings is 2. The van der Waals surface area contributed by atoms with Gasteiger partial charge in [0, 0.05) is 19.8 Å². The van der Waals surface area contributed by atoms with E-state index in [1.54, 1.807) is 30.5 Å². The molecule has 4 nitrogen and oxygen atoms in total. The molecule has 0 aromatic heterocycles. The molecule has 0 saturated heterocycles. The first kappa shape index (κ1) is 13.0. The second-order valence-electron chi connectivity index (χ2n) is 4.40. The van der Waals surface area contributed by atoms with Crippen LogP contribution in [-0.2, 0) is 0 Å². The summed E-state index contributed by atoms with van der Waals surface area (Å²) in [5, 5.41) is 13.3. The monoisotopic (exact) mass is 255 g/mol. The molecular formula is C15H17N3O. The van der Waals surface area contributed by atoms with Crippen LogP contribution in [0.1, 0.15) is 5.56 Å². The highest BCUT2D eigenvalue weighted by molar-refractivity contribution is 5.80.